The number of furan rings is 1. The van der Waals surface area contributed by atoms with Crippen LogP contribution >= 0.6 is 0 Å². The lowest BCUT2D eigenvalue weighted by molar-refractivity contribution is 0.298. The molecule has 0 atom stereocenters. The van der Waals surface area contributed by atoms with Crippen molar-refractivity contribution in [3.8, 4) is 11.7 Å². The van der Waals surface area contributed by atoms with E-state index in [1.165, 1.54) is 6.26 Å². The first-order valence-corrected chi connectivity index (χ1v) is 5.71. The van der Waals surface area contributed by atoms with Crippen molar-refractivity contribution in [2.45, 2.75) is 13.0 Å². The SMILES string of the molecule is OCCc1cn(Cc2nnc(-c3ccco3)o2)nn1. The third-order valence-corrected chi connectivity index (χ3v) is 2.45. The summed E-state index contributed by atoms with van der Waals surface area (Å²) in [6.45, 7) is 0.369. The van der Waals surface area contributed by atoms with E-state index in [-0.39, 0.29) is 6.61 Å². The summed E-state index contributed by atoms with van der Waals surface area (Å²) in [6, 6.07) is 3.49. The first-order chi connectivity index (χ1) is 9.35. The van der Waals surface area contributed by atoms with Gasteiger partial charge in [0.2, 0.25) is 5.89 Å². The van der Waals surface area contributed by atoms with Crippen LogP contribution in [0.15, 0.2) is 33.4 Å². The quantitative estimate of drug-likeness (QED) is 0.713. The third kappa shape index (κ3) is 2.52. The highest BCUT2D eigenvalue weighted by atomic mass is 16.4. The topological polar surface area (TPSA) is 103 Å². The number of aromatic nitrogens is 5. The molecule has 0 fully saturated rings. The fraction of sp³-hybridized carbons (Fsp3) is 0.273. The molecule has 0 aliphatic rings. The van der Waals surface area contributed by atoms with Crippen molar-refractivity contribution < 1.29 is 13.9 Å². The van der Waals surface area contributed by atoms with Crippen molar-refractivity contribution in [1.82, 2.24) is 25.2 Å². The van der Waals surface area contributed by atoms with Crippen LogP contribution in [0.25, 0.3) is 11.7 Å². The highest BCUT2D eigenvalue weighted by Gasteiger charge is 2.11. The van der Waals surface area contributed by atoms with Gasteiger partial charge in [0.05, 0.1) is 12.0 Å². The standard InChI is InChI=1S/C11H11N5O3/c17-4-3-8-6-16(15-12-8)7-10-13-14-11(19-10)9-2-1-5-18-9/h1-2,5-6,17H,3-4,7H2. The molecule has 8 nitrogen and oxygen atoms in total. The van der Waals surface area contributed by atoms with Gasteiger partial charge in [-0.15, -0.1) is 15.3 Å². The Morgan fingerprint density at radius 2 is 2.21 bits per heavy atom. The minimum absolute atomic E-state index is 0.0435. The van der Waals surface area contributed by atoms with Crippen molar-refractivity contribution >= 4 is 0 Å². The molecule has 0 bridgehead atoms. The highest BCUT2D eigenvalue weighted by molar-refractivity contribution is 5.42. The van der Waals surface area contributed by atoms with Gasteiger partial charge in [0.15, 0.2) is 5.76 Å². The number of rotatable bonds is 5. The van der Waals surface area contributed by atoms with Crippen LogP contribution in [-0.4, -0.2) is 36.9 Å². The van der Waals surface area contributed by atoms with Gasteiger partial charge in [0.1, 0.15) is 6.54 Å². The summed E-state index contributed by atoms with van der Waals surface area (Å²) in [7, 11) is 0. The molecule has 0 unspecified atom stereocenters. The van der Waals surface area contributed by atoms with Crippen LogP contribution in [0.3, 0.4) is 0 Å². The molecule has 0 amide bonds. The van der Waals surface area contributed by atoms with Crippen molar-refractivity contribution in [1.29, 1.82) is 0 Å². The monoisotopic (exact) mass is 261 g/mol. The van der Waals surface area contributed by atoms with E-state index < -0.39 is 0 Å². The second kappa shape index (κ2) is 5.02. The molecular formula is C11H11N5O3. The molecule has 0 saturated carbocycles. The second-order valence-electron chi connectivity index (χ2n) is 3.86. The molecule has 1 N–H and O–H groups in total. The van der Waals surface area contributed by atoms with Gasteiger partial charge >= 0.3 is 0 Å². The number of aliphatic hydroxyl groups excluding tert-OH is 1. The largest absolute Gasteiger partial charge is 0.459 e. The number of hydrogen-bond acceptors (Lipinski definition) is 7. The smallest absolute Gasteiger partial charge is 0.283 e. The van der Waals surface area contributed by atoms with Crippen molar-refractivity contribution in [2.24, 2.45) is 0 Å². The van der Waals surface area contributed by atoms with E-state index in [2.05, 4.69) is 20.5 Å². The predicted octanol–water partition coefficient (Wildman–Crippen LogP) is 0.504. The van der Waals surface area contributed by atoms with E-state index in [1.54, 1.807) is 23.0 Å². The fourth-order valence-electron chi connectivity index (χ4n) is 1.60. The molecule has 0 saturated heterocycles. The Morgan fingerprint density at radius 3 is 3.00 bits per heavy atom. The van der Waals surface area contributed by atoms with E-state index in [4.69, 9.17) is 13.9 Å². The van der Waals surface area contributed by atoms with Crippen LogP contribution in [0.4, 0.5) is 0 Å². The molecule has 3 heterocycles. The van der Waals surface area contributed by atoms with Crippen LogP contribution < -0.4 is 0 Å². The van der Waals surface area contributed by atoms with E-state index >= 15 is 0 Å². The van der Waals surface area contributed by atoms with Crippen molar-refractivity contribution in [3.05, 3.63) is 36.2 Å². The van der Waals surface area contributed by atoms with E-state index in [0.29, 0.717) is 36.2 Å². The van der Waals surface area contributed by atoms with E-state index in [1.807, 2.05) is 0 Å². The molecule has 0 aliphatic heterocycles. The summed E-state index contributed by atoms with van der Waals surface area (Å²) in [4.78, 5) is 0. The molecule has 19 heavy (non-hydrogen) atoms. The van der Waals surface area contributed by atoms with Crippen LogP contribution in [0, 0.1) is 0 Å². The Kier molecular flexibility index (Phi) is 3.07. The summed E-state index contributed by atoms with van der Waals surface area (Å²) in [5, 5.41) is 24.4. The zero-order chi connectivity index (χ0) is 13.1. The van der Waals surface area contributed by atoms with Gasteiger partial charge in [-0.05, 0) is 12.1 Å². The van der Waals surface area contributed by atoms with Gasteiger partial charge < -0.3 is 13.9 Å². The normalized spacial score (nSPS) is 11.0. The van der Waals surface area contributed by atoms with Gasteiger partial charge in [0.25, 0.3) is 5.89 Å². The maximum absolute atomic E-state index is 8.80. The van der Waals surface area contributed by atoms with Crippen LogP contribution in [0.2, 0.25) is 0 Å². The molecule has 0 aliphatic carbocycles. The zero-order valence-electron chi connectivity index (χ0n) is 9.93. The number of aliphatic hydroxyl groups is 1. The van der Waals surface area contributed by atoms with Crippen molar-refractivity contribution in [2.75, 3.05) is 6.61 Å². The first kappa shape index (κ1) is 11.6. The highest BCUT2D eigenvalue weighted by Crippen LogP contribution is 2.17. The van der Waals surface area contributed by atoms with Crippen LogP contribution in [0.5, 0.6) is 0 Å². The molecule has 0 spiro atoms. The summed E-state index contributed by atoms with van der Waals surface area (Å²) < 4.78 is 12.2. The zero-order valence-corrected chi connectivity index (χ0v) is 9.93. The Labute approximate surface area is 107 Å². The Balaban J connectivity index is 1.72. The lowest BCUT2D eigenvalue weighted by Crippen LogP contribution is -2.00. The average Bonchev–Trinajstić information content (AvgIpc) is 3.10. The molecular weight excluding hydrogens is 250 g/mol. The summed E-state index contributed by atoms with van der Waals surface area (Å²) in [5.41, 5.74) is 0.716. The Morgan fingerprint density at radius 1 is 1.26 bits per heavy atom. The van der Waals surface area contributed by atoms with Gasteiger partial charge in [0, 0.05) is 19.2 Å². The van der Waals surface area contributed by atoms with Crippen LogP contribution in [0.1, 0.15) is 11.6 Å². The van der Waals surface area contributed by atoms with E-state index in [9.17, 15) is 0 Å². The Bertz CT molecular complexity index is 643. The minimum atomic E-state index is 0.0435. The predicted molar refractivity (Wildman–Crippen MR) is 61.9 cm³/mol. The molecule has 3 aromatic heterocycles. The summed E-state index contributed by atoms with van der Waals surface area (Å²) in [5.74, 6) is 1.26. The fourth-order valence-corrected chi connectivity index (χ4v) is 1.60. The molecule has 3 aromatic rings. The molecule has 98 valence electrons. The average molecular weight is 261 g/mol. The Hall–Kier alpha value is -2.48. The maximum atomic E-state index is 8.80. The van der Waals surface area contributed by atoms with Gasteiger partial charge in [-0.3, -0.25) is 0 Å². The molecule has 0 radical (unpaired) electrons. The van der Waals surface area contributed by atoms with E-state index in [0.717, 1.165) is 0 Å². The minimum Gasteiger partial charge on any atom is -0.459 e. The lowest BCUT2D eigenvalue weighted by Gasteiger charge is -1.93. The third-order valence-electron chi connectivity index (χ3n) is 2.45. The van der Waals surface area contributed by atoms with Gasteiger partial charge in [-0.1, -0.05) is 5.21 Å². The summed E-state index contributed by atoms with van der Waals surface area (Å²) >= 11 is 0. The number of hydrogen-bond donors (Lipinski definition) is 1. The number of nitrogens with zero attached hydrogens (tertiary/aromatic N) is 5. The first-order valence-electron chi connectivity index (χ1n) is 5.71. The second-order valence-corrected chi connectivity index (χ2v) is 3.86. The molecule has 8 heteroatoms. The van der Waals surface area contributed by atoms with Gasteiger partial charge in [-0.2, -0.15) is 0 Å². The molecule has 0 aromatic carbocycles. The maximum Gasteiger partial charge on any atom is 0.283 e. The van der Waals surface area contributed by atoms with Crippen molar-refractivity contribution in [3.63, 3.8) is 0 Å². The molecule has 3 rings (SSSR count). The van der Waals surface area contributed by atoms with Crippen LogP contribution in [-0.2, 0) is 13.0 Å². The lowest BCUT2D eigenvalue weighted by atomic mass is 10.3. The van der Waals surface area contributed by atoms with Gasteiger partial charge in [-0.25, -0.2) is 4.68 Å². The summed E-state index contributed by atoms with van der Waals surface area (Å²) in [6.07, 6.45) is 3.74.